The topological polar surface area (TPSA) is 69.4 Å². The summed E-state index contributed by atoms with van der Waals surface area (Å²) in [5.74, 6) is 1.39. The Morgan fingerprint density at radius 3 is 2.36 bits per heavy atom. The first kappa shape index (κ1) is 7.52. The van der Waals surface area contributed by atoms with Crippen molar-refractivity contribution in [1.82, 2.24) is 0 Å². The first-order chi connectivity index (χ1) is 5.08. The molecule has 2 aliphatic rings. The van der Waals surface area contributed by atoms with E-state index in [9.17, 15) is 8.42 Å². The maximum absolute atomic E-state index is 10.6. The molecule has 0 spiro atoms. The fourth-order valence-corrected chi connectivity index (χ4v) is 2.91. The third-order valence-corrected chi connectivity index (χ3v) is 3.40. The lowest BCUT2D eigenvalue weighted by molar-refractivity contribution is 0.154. The van der Waals surface area contributed by atoms with Gasteiger partial charge in [0, 0.05) is 0 Å². The van der Waals surface area contributed by atoms with Gasteiger partial charge in [0.25, 0.3) is 0 Å². The molecule has 1 aliphatic carbocycles. The number of hydrogen-bond acceptors (Lipinski definition) is 3. The molecule has 2 fully saturated rings. The van der Waals surface area contributed by atoms with Crippen molar-refractivity contribution in [2.24, 2.45) is 22.9 Å². The highest BCUT2D eigenvalue weighted by Gasteiger charge is 2.54. The van der Waals surface area contributed by atoms with Gasteiger partial charge in [0.15, 0.2) is 0 Å². The number of fused-ring (bicyclic) bond motifs is 1. The van der Waals surface area contributed by atoms with E-state index in [2.05, 4.69) is 0 Å². The average Bonchev–Trinajstić information content (AvgIpc) is 2.39. The van der Waals surface area contributed by atoms with Crippen LogP contribution in [0.15, 0.2) is 0 Å². The van der Waals surface area contributed by atoms with E-state index in [1.54, 1.807) is 0 Å². The smallest absolute Gasteiger partial charge is 0.209 e. The number of hydrogen-bond donors (Lipinski definition) is 1. The van der Waals surface area contributed by atoms with E-state index in [0.29, 0.717) is 17.8 Å². The lowest BCUT2D eigenvalue weighted by Crippen LogP contribution is -2.20. The minimum absolute atomic E-state index is 0.145. The van der Waals surface area contributed by atoms with Gasteiger partial charge in [-0.1, -0.05) is 0 Å². The van der Waals surface area contributed by atoms with Crippen molar-refractivity contribution in [3.8, 4) is 0 Å². The second-order valence-electron chi connectivity index (χ2n) is 3.36. The van der Waals surface area contributed by atoms with E-state index in [1.165, 1.54) is 0 Å². The highest BCUT2D eigenvalue weighted by Crippen LogP contribution is 2.50. The molecule has 2 atom stereocenters. The van der Waals surface area contributed by atoms with Gasteiger partial charge in [-0.3, -0.25) is 0 Å². The zero-order chi connectivity index (χ0) is 8.06. The number of rotatable bonds is 2. The highest BCUT2D eigenvalue weighted by molar-refractivity contribution is 7.89. The Labute approximate surface area is 65.8 Å². The first-order valence-electron chi connectivity index (χ1n) is 3.66. The molecule has 5 heteroatoms. The molecule has 0 amide bonds. The van der Waals surface area contributed by atoms with E-state index in [-0.39, 0.29) is 5.75 Å². The molecule has 1 saturated heterocycles. The second kappa shape index (κ2) is 2.18. The van der Waals surface area contributed by atoms with Gasteiger partial charge < -0.3 is 4.74 Å². The van der Waals surface area contributed by atoms with Crippen LogP contribution < -0.4 is 5.14 Å². The lowest BCUT2D eigenvalue weighted by atomic mass is 10.3. The van der Waals surface area contributed by atoms with E-state index in [1.807, 2.05) is 0 Å². The van der Waals surface area contributed by atoms with Crippen LogP contribution in [-0.4, -0.2) is 27.4 Å². The molecule has 0 radical (unpaired) electrons. The molecule has 1 aliphatic heterocycles. The van der Waals surface area contributed by atoms with Crippen molar-refractivity contribution in [3.63, 3.8) is 0 Å². The zero-order valence-electron chi connectivity index (χ0n) is 6.06. The highest BCUT2D eigenvalue weighted by atomic mass is 32.2. The molecule has 0 aromatic carbocycles. The summed E-state index contributed by atoms with van der Waals surface area (Å²) in [4.78, 5) is 0. The van der Waals surface area contributed by atoms with Crippen molar-refractivity contribution in [3.05, 3.63) is 0 Å². The van der Waals surface area contributed by atoms with Crippen LogP contribution >= 0.6 is 0 Å². The molecule has 11 heavy (non-hydrogen) atoms. The first-order valence-corrected chi connectivity index (χ1v) is 5.38. The normalized spacial score (nSPS) is 42.1. The van der Waals surface area contributed by atoms with Crippen LogP contribution in [0, 0.1) is 17.8 Å². The van der Waals surface area contributed by atoms with Crippen molar-refractivity contribution in [2.75, 3.05) is 19.0 Å². The number of ether oxygens (including phenoxy) is 1. The number of nitrogens with two attached hydrogens (primary N) is 1. The molecule has 0 bridgehead atoms. The van der Waals surface area contributed by atoms with Crippen LogP contribution in [0.2, 0.25) is 0 Å². The van der Waals surface area contributed by atoms with Gasteiger partial charge in [-0.05, 0) is 17.8 Å². The Kier molecular flexibility index (Phi) is 1.49. The SMILES string of the molecule is NS(=O)(=O)CC1C2COCC21. The molecule has 0 aromatic rings. The van der Waals surface area contributed by atoms with E-state index in [0.717, 1.165) is 13.2 Å². The molecule has 1 heterocycles. The van der Waals surface area contributed by atoms with Crippen molar-refractivity contribution in [2.45, 2.75) is 0 Å². The Bertz CT molecular complexity index is 251. The standard InChI is InChI=1S/C6H11NO3S/c7-11(8,9)3-6-4-1-10-2-5(4)6/h4-6H,1-3H2,(H2,7,8,9). The zero-order valence-corrected chi connectivity index (χ0v) is 6.88. The maximum atomic E-state index is 10.6. The van der Waals surface area contributed by atoms with Crippen molar-refractivity contribution < 1.29 is 13.2 Å². The fraction of sp³-hybridized carbons (Fsp3) is 1.00. The van der Waals surface area contributed by atoms with Crippen LogP contribution in [0.3, 0.4) is 0 Å². The van der Waals surface area contributed by atoms with E-state index in [4.69, 9.17) is 9.88 Å². The Balaban J connectivity index is 1.93. The van der Waals surface area contributed by atoms with Crippen LogP contribution in [0.25, 0.3) is 0 Å². The van der Waals surface area contributed by atoms with Gasteiger partial charge in [0.2, 0.25) is 10.0 Å². The molecule has 2 unspecified atom stereocenters. The summed E-state index contributed by atoms with van der Waals surface area (Å²) in [6, 6.07) is 0. The molecule has 1 saturated carbocycles. The predicted octanol–water partition coefficient (Wildman–Crippen LogP) is -0.833. The van der Waals surface area contributed by atoms with Gasteiger partial charge in [0.1, 0.15) is 0 Å². The maximum Gasteiger partial charge on any atom is 0.209 e. The van der Waals surface area contributed by atoms with Gasteiger partial charge in [-0.25, -0.2) is 13.6 Å². The summed E-state index contributed by atoms with van der Waals surface area (Å²) in [5.41, 5.74) is 0. The minimum atomic E-state index is -3.26. The molecule has 0 aromatic heterocycles. The molecular weight excluding hydrogens is 166 g/mol. The fourth-order valence-electron chi connectivity index (χ4n) is 1.87. The summed E-state index contributed by atoms with van der Waals surface area (Å²) >= 11 is 0. The average molecular weight is 177 g/mol. The molecule has 2 N–H and O–H groups in total. The van der Waals surface area contributed by atoms with Gasteiger partial charge >= 0.3 is 0 Å². The summed E-state index contributed by atoms with van der Waals surface area (Å²) in [6.45, 7) is 1.45. The summed E-state index contributed by atoms with van der Waals surface area (Å²) < 4.78 is 26.4. The molecule has 64 valence electrons. The van der Waals surface area contributed by atoms with Gasteiger partial charge in [0.05, 0.1) is 19.0 Å². The quantitative estimate of drug-likeness (QED) is 0.598. The van der Waals surface area contributed by atoms with Crippen LogP contribution in [0.5, 0.6) is 0 Å². The summed E-state index contributed by atoms with van der Waals surface area (Å²) in [5, 5.41) is 4.91. The largest absolute Gasteiger partial charge is 0.381 e. The lowest BCUT2D eigenvalue weighted by Gasteiger charge is -2.00. The molecule has 4 nitrogen and oxygen atoms in total. The monoisotopic (exact) mass is 177 g/mol. The van der Waals surface area contributed by atoms with E-state index < -0.39 is 10.0 Å². The van der Waals surface area contributed by atoms with Crippen LogP contribution in [0.1, 0.15) is 0 Å². The Hall–Kier alpha value is -0.130. The van der Waals surface area contributed by atoms with E-state index >= 15 is 0 Å². The van der Waals surface area contributed by atoms with Gasteiger partial charge in [-0.15, -0.1) is 0 Å². The second-order valence-corrected chi connectivity index (χ2v) is 5.02. The third kappa shape index (κ3) is 1.40. The van der Waals surface area contributed by atoms with Crippen molar-refractivity contribution >= 4 is 10.0 Å². The molecule has 2 rings (SSSR count). The third-order valence-electron chi connectivity index (χ3n) is 2.55. The predicted molar refractivity (Wildman–Crippen MR) is 39.3 cm³/mol. The Morgan fingerprint density at radius 2 is 1.91 bits per heavy atom. The minimum Gasteiger partial charge on any atom is -0.381 e. The Morgan fingerprint density at radius 1 is 1.36 bits per heavy atom. The summed E-state index contributed by atoms with van der Waals surface area (Å²) in [7, 11) is -3.26. The summed E-state index contributed by atoms with van der Waals surface area (Å²) in [6.07, 6.45) is 0. The van der Waals surface area contributed by atoms with Gasteiger partial charge in [-0.2, -0.15) is 0 Å². The van der Waals surface area contributed by atoms with Crippen molar-refractivity contribution in [1.29, 1.82) is 0 Å². The van der Waals surface area contributed by atoms with Crippen LogP contribution in [-0.2, 0) is 14.8 Å². The molecular formula is C6H11NO3S. The number of primary sulfonamides is 1. The number of sulfonamides is 1. The van der Waals surface area contributed by atoms with Crippen LogP contribution in [0.4, 0.5) is 0 Å².